The summed E-state index contributed by atoms with van der Waals surface area (Å²) in [6.45, 7) is 10.7. The standard InChI is InChI=1S/C15H29N3/c1-12(2)18(9-13-3-4-13)15(10-16)11-17-7-5-14(15)6-8-17/h12-14H,3-11,16H2,1-2H3. The van der Waals surface area contributed by atoms with Crippen LogP contribution in [0.4, 0.5) is 0 Å². The fourth-order valence-corrected chi connectivity index (χ4v) is 4.30. The highest BCUT2D eigenvalue weighted by molar-refractivity contribution is 5.07. The first-order chi connectivity index (χ1) is 8.65. The number of nitrogens with two attached hydrogens (primary N) is 1. The van der Waals surface area contributed by atoms with Crippen LogP contribution in [0.25, 0.3) is 0 Å². The van der Waals surface area contributed by atoms with Gasteiger partial charge < -0.3 is 10.6 Å². The summed E-state index contributed by atoms with van der Waals surface area (Å²) < 4.78 is 0. The van der Waals surface area contributed by atoms with Crippen molar-refractivity contribution in [3.05, 3.63) is 0 Å². The van der Waals surface area contributed by atoms with E-state index < -0.39 is 0 Å². The van der Waals surface area contributed by atoms with E-state index in [0.29, 0.717) is 6.04 Å². The molecule has 0 spiro atoms. The molecule has 4 rings (SSSR count). The molecule has 3 nitrogen and oxygen atoms in total. The van der Waals surface area contributed by atoms with Crippen molar-refractivity contribution in [2.24, 2.45) is 17.6 Å². The van der Waals surface area contributed by atoms with Crippen molar-refractivity contribution in [3.63, 3.8) is 0 Å². The van der Waals surface area contributed by atoms with Crippen molar-refractivity contribution < 1.29 is 0 Å². The molecule has 3 heteroatoms. The predicted molar refractivity (Wildman–Crippen MR) is 75.5 cm³/mol. The van der Waals surface area contributed by atoms with E-state index in [1.807, 2.05) is 0 Å². The molecule has 1 unspecified atom stereocenters. The van der Waals surface area contributed by atoms with Crippen molar-refractivity contribution in [2.75, 3.05) is 32.7 Å². The lowest BCUT2D eigenvalue weighted by atomic mass is 9.71. The quantitative estimate of drug-likeness (QED) is 0.804. The largest absolute Gasteiger partial charge is 0.329 e. The van der Waals surface area contributed by atoms with Crippen LogP contribution < -0.4 is 5.73 Å². The first kappa shape index (κ1) is 12.9. The molecular weight excluding hydrogens is 222 g/mol. The summed E-state index contributed by atoms with van der Waals surface area (Å²) >= 11 is 0. The van der Waals surface area contributed by atoms with Gasteiger partial charge in [0, 0.05) is 31.2 Å². The zero-order chi connectivity index (χ0) is 12.8. The Hall–Kier alpha value is -0.120. The highest BCUT2D eigenvalue weighted by atomic mass is 15.3. The smallest absolute Gasteiger partial charge is 0.0490 e. The number of piperidine rings is 3. The van der Waals surface area contributed by atoms with Gasteiger partial charge in [-0.2, -0.15) is 0 Å². The Labute approximate surface area is 112 Å². The maximum Gasteiger partial charge on any atom is 0.0490 e. The molecule has 3 saturated heterocycles. The third-order valence-corrected chi connectivity index (χ3v) is 5.55. The van der Waals surface area contributed by atoms with Crippen LogP contribution in [0.3, 0.4) is 0 Å². The van der Waals surface area contributed by atoms with Gasteiger partial charge in [0.15, 0.2) is 0 Å². The van der Waals surface area contributed by atoms with Crippen LogP contribution >= 0.6 is 0 Å². The molecule has 3 aliphatic heterocycles. The molecule has 1 aliphatic carbocycles. The summed E-state index contributed by atoms with van der Waals surface area (Å²) in [4.78, 5) is 5.43. The third kappa shape index (κ3) is 2.10. The second-order valence-corrected chi connectivity index (χ2v) is 7.05. The Bertz CT molecular complexity index is 292. The fraction of sp³-hybridized carbons (Fsp3) is 1.00. The third-order valence-electron chi connectivity index (χ3n) is 5.55. The Balaban J connectivity index is 1.83. The summed E-state index contributed by atoms with van der Waals surface area (Å²) in [7, 11) is 0. The molecule has 0 aromatic rings. The van der Waals surface area contributed by atoms with Crippen LogP contribution in [0.1, 0.15) is 39.5 Å². The molecule has 1 saturated carbocycles. The SMILES string of the molecule is CC(C)N(CC1CC1)C1(CN)CN2CCC1CC2. The van der Waals surface area contributed by atoms with E-state index >= 15 is 0 Å². The zero-order valence-corrected chi connectivity index (χ0v) is 12.1. The molecule has 3 heterocycles. The number of fused-ring (bicyclic) bond motifs is 3. The van der Waals surface area contributed by atoms with Gasteiger partial charge in [-0.25, -0.2) is 0 Å². The Kier molecular flexibility index (Phi) is 3.41. The average Bonchev–Trinajstić information content (AvgIpc) is 3.20. The minimum Gasteiger partial charge on any atom is -0.329 e. The molecule has 18 heavy (non-hydrogen) atoms. The topological polar surface area (TPSA) is 32.5 Å². The Morgan fingerprint density at radius 1 is 1.22 bits per heavy atom. The summed E-state index contributed by atoms with van der Waals surface area (Å²) in [6.07, 6.45) is 5.62. The molecule has 2 N–H and O–H groups in total. The highest BCUT2D eigenvalue weighted by Gasteiger charge is 2.50. The van der Waals surface area contributed by atoms with Crippen LogP contribution in [0.15, 0.2) is 0 Å². The van der Waals surface area contributed by atoms with Crippen LogP contribution in [0.5, 0.6) is 0 Å². The average molecular weight is 251 g/mol. The van der Waals surface area contributed by atoms with Crippen LogP contribution in [0.2, 0.25) is 0 Å². The summed E-state index contributed by atoms with van der Waals surface area (Å²) in [5.74, 6) is 1.81. The molecule has 4 fully saturated rings. The van der Waals surface area contributed by atoms with Gasteiger partial charge in [-0.1, -0.05) is 0 Å². The van der Waals surface area contributed by atoms with Gasteiger partial charge in [-0.15, -0.1) is 0 Å². The molecule has 0 amide bonds. The van der Waals surface area contributed by atoms with Gasteiger partial charge >= 0.3 is 0 Å². The summed E-state index contributed by atoms with van der Waals surface area (Å²) in [5.41, 5.74) is 6.58. The van der Waals surface area contributed by atoms with Crippen molar-refractivity contribution in [2.45, 2.75) is 51.1 Å². The van der Waals surface area contributed by atoms with Gasteiger partial charge in [0.25, 0.3) is 0 Å². The van der Waals surface area contributed by atoms with E-state index in [2.05, 4.69) is 23.6 Å². The van der Waals surface area contributed by atoms with E-state index in [1.165, 1.54) is 51.9 Å². The number of hydrogen-bond acceptors (Lipinski definition) is 3. The van der Waals surface area contributed by atoms with E-state index in [0.717, 1.165) is 18.4 Å². The first-order valence-electron chi connectivity index (χ1n) is 7.85. The number of hydrogen-bond donors (Lipinski definition) is 1. The molecule has 1 atom stereocenters. The summed E-state index contributed by atoms with van der Waals surface area (Å²) in [5, 5.41) is 0. The molecule has 0 radical (unpaired) electrons. The van der Waals surface area contributed by atoms with Crippen LogP contribution in [0, 0.1) is 11.8 Å². The maximum absolute atomic E-state index is 6.29. The zero-order valence-electron chi connectivity index (χ0n) is 12.1. The van der Waals surface area contributed by atoms with Gasteiger partial charge in [-0.05, 0) is 64.5 Å². The molecule has 2 bridgehead atoms. The minimum absolute atomic E-state index is 0.285. The van der Waals surface area contributed by atoms with Crippen LogP contribution in [-0.2, 0) is 0 Å². The van der Waals surface area contributed by atoms with E-state index in [9.17, 15) is 0 Å². The predicted octanol–water partition coefficient (Wildman–Crippen LogP) is 1.53. The van der Waals surface area contributed by atoms with Crippen molar-refractivity contribution in [3.8, 4) is 0 Å². The molecule has 4 aliphatic rings. The monoisotopic (exact) mass is 251 g/mol. The number of rotatable bonds is 5. The van der Waals surface area contributed by atoms with Gasteiger partial charge in [0.1, 0.15) is 0 Å². The van der Waals surface area contributed by atoms with Gasteiger partial charge in [-0.3, -0.25) is 4.90 Å². The maximum atomic E-state index is 6.29. The first-order valence-corrected chi connectivity index (χ1v) is 7.85. The molecule has 0 aromatic carbocycles. The second-order valence-electron chi connectivity index (χ2n) is 7.05. The number of nitrogens with zero attached hydrogens (tertiary/aromatic N) is 2. The van der Waals surface area contributed by atoms with E-state index in [1.54, 1.807) is 0 Å². The molecular formula is C15H29N3. The lowest BCUT2D eigenvalue weighted by Crippen LogP contribution is -2.71. The summed E-state index contributed by atoms with van der Waals surface area (Å²) in [6, 6.07) is 0.634. The van der Waals surface area contributed by atoms with Gasteiger partial charge in [0.05, 0.1) is 0 Å². The molecule has 104 valence electrons. The van der Waals surface area contributed by atoms with Crippen molar-refractivity contribution in [1.29, 1.82) is 0 Å². The van der Waals surface area contributed by atoms with Crippen LogP contribution in [-0.4, -0.2) is 54.1 Å². The lowest BCUT2D eigenvalue weighted by Gasteiger charge is -2.59. The normalized spacial score (nSPS) is 39.8. The van der Waals surface area contributed by atoms with E-state index in [-0.39, 0.29) is 5.54 Å². The fourth-order valence-electron chi connectivity index (χ4n) is 4.30. The lowest BCUT2D eigenvalue weighted by molar-refractivity contribution is -0.0820. The van der Waals surface area contributed by atoms with Gasteiger partial charge in [0.2, 0.25) is 0 Å². The second kappa shape index (κ2) is 4.77. The van der Waals surface area contributed by atoms with Crippen molar-refractivity contribution in [1.82, 2.24) is 9.80 Å². The van der Waals surface area contributed by atoms with Crippen molar-refractivity contribution >= 4 is 0 Å². The highest BCUT2D eigenvalue weighted by Crippen LogP contribution is 2.42. The Morgan fingerprint density at radius 3 is 2.28 bits per heavy atom. The Morgan fingerprint density at radius 2 is 1.89 bits per heavy atom. The molecule has 0 aromatic heterocycles. The minimum atomic E-state index is 0.285. The van der Waals surface area contributed by atoms with E-state index in [4.69, 9.17) is 5.73 Å².